The van der Waals surface area contributed by atoms with Gasteiger partial charge in [-0.15, -0.1) is 0 Å². The van der Waals surface area contributed by atoms with Gasteiger partial charge in [0.25, 0.3) is 0 Å². The van der Waals surface area contributed by atoms with E-state index in [0.717, 1.165) is 41.4 Å². The fraction of sp³-hybridized carbons (Fsp3) is 0.316. The van der Waals surface area contributed by atoms with Gasteiger partial charge in [0, 0.05) is 18.5 Å². The fourth-order valence-electron chi connectivity index (χ4n) is 3.28. The number of oxime groups is 1. The first-order valence-electron chi connectivity index (χ1n) is 8.32. The van der Waals surface area contributed by atoms with Crippen molar-refractivity contribution in [1.29, 1.82) is 0 Å². The largest absolute Gasteiger partial charge is 0.497 e. The van der Waals surface area contributed by atoms with Crippen molar-refractivity contribution in [2.75, 3.05) is 20.8 Å². The average molecular weight is 339 g/mol. The minimum absolute atomic E-state index is 0.00741. The molecule has 25 heavy (non-hydrogen) atoms. The average Bonchev–Trinajstić information content (AvgIpc) is 3.12. The molecule has 0 saturated carbocycles. The fourth-order valence-corrected chi connectivity index (χ4v) is 3.28. The van der Waals surface area contributed by atoms with E-state index in [0.29, 0.717) is 0 Å². The van der Waals surface area contributed by atoms with Crippen molar-refractivity contribution >= 4 is 5.84 Å². The third-order valence-electron chi connectivity index (χ3n) is 4.61. The number of amidine groups is 1. The van der Waals surface area contributed by atoms with Gasteiger partial charge in [-0.3, -0.25) is 10.2 Å². The molecular weight excluding hydrogens is 318 g/mol. The molecule has 2 aliphatic rings. The number of hydrogen-bond acceptors (Lipinski definition) is 6. The minimum atomic E-state index is -0.249. The maximum atomic E-state index is 5.76. The zero-order valence-corrected chi connectivity index (χ0v) is 14.3. The molecule has 0 spiro atoms. The molecule has 2 aromatic rings. The molecule has 0 aromatic heterocycles. The zero-order valence-electron chi connectivity index (χ0n) is 14.3. The lowest BCUT2D eigenvalue weighted by atomic mass is 10.1. The molecule has 0 aliphatic carbocycles. The standard InChI is InChI=1S/C19H21N3O3/c1-23-15-7-3-13(4-8-15)18-20-12-11-17-21-25-19(22(17)18)14-5-9-16(24-2)10-6-14/h3-10,18-20H,11-12H2,1-2H3/t18-,19-/m0/s1. The Morgan fingerprint density at radius 2 is 1.56 bits per heavy atom. The number of benzene rings is 2. The van der Waals surface area contributed by atoms with Crippen molar-refractivity contribution in [3.8, 4) is 11.5 Å². The second-order valence-corrected chi connectivity index (χ2v) is 6.03. The van der Waals surface area contributed by atoms with Crippen LogP contribution in [0.15, 0.2) is 53.7 Å². The molecular formula is C19H21N3O3. The van der Waals surface area contributed by atoms with Gasteiger partial charge < -0.3 is 14.3 Å². The molecule has 0 amide bonds. The molecule has 1 saturated heterocycles. The maximum absolute atomic E-state index is 5.76. The highest BCUT2D eigenvalue weighted by Crippen LogP contribution is 2.38. The van der Waals surface area contributed by atoms with Crippen molar-refractivity contribution in [2.24, 2.45) is 5.16 Å². The van der Waals surface area contributed by atoms with E-state index in [1.165, 1.54) is 0 Å². The van der Waals surface area contributed by atoms with Gasteiger partial charge in [-0.1, -0.05) is 17.3 Å². The number of rotatable bonds is 4. The number of ether oxygens (including phenoxy) is 2. The Bertz CT molecular complexity index is 758. The van der Waals surface area contributed by atoms with Gasteiger partial charge in [-0.2, -0.15) is 0 Å². The van der Waals surface area contributed by atoms with E-state index in [-0.39, 0.29) is 12.4 Å². The van der Waals surface area contributed by atoms with Gasteiger partial charge in [-0.05, 0) is 42.0 Å². The molecule has 130 valence electrons. The highest BCUT2D eigenvalue weighted by atomic mass is 16.7. The number of fused-ring (bicyclic) bond motifs is 1. The Kier molecular flexibility index (Phi) is 4.19. The van der Waals surface area contributed by atoms with E-state index in [9.17, 15) is 0 Å². The molecule has 2 heterocycles. The van der Waals surface area contributed by atoms with Crippen molar-refractivity contribution < 1.29 is 14.3 Å². The van der Waals surface area contributed by atoms with Crippen LogP contribution in [0, 0.1) is 0 Å². The van der Waals surface area contributed by atoms with E-state index in [1.807, 2.05) is 36.4 Å². The number of hydrogen-bond donors (Lipinski definition) is 1. The van der Waals surface area contributed by atoms with Crippen LogP contribution >= 0.6 is 0 Å². The second-order valence-electron chi connectivity index (χ2n) is 6.03. The lowest BCUT2D eigenvalue weighted by molar-refractivity contribution is -0.0169. The SMILES string of the molecule is COc1ccc([C@H]2NCCC3=NO[C@@H](c4ccc(OC)cc4)N32)cc1. The normalized spacial score (nSPS) is 22.0. The molecule has 6 nitrogen and oxygen atoms in total. The monoisotopic (exact) mass is 339 g/mol. The van der Waals surface area contributed by atoms with Gasteiger partial charge >= 0.3 is 0 Å². The highest BCUT2D eigenvalue weighted by molar-refractivity contribution is 5.84. The van der Waals surface area contributed by atoms with E-state index >= 15 is 0 Å². The molecule has 1 N–H and O–H groups in total. The number of methoxy groups -OCH3 is 2. The van der Waals surface area contributed by atoms with Gasteiger partial charge in [0.15, 0.2) is 5.84 Å². The molecule has 2 aromatic carbocycles. The third kappa shape index (κ3) is 2.89. The quantitative estimate of drug-likeness (QED) is 0.928. The number of nitrogens with zero attached hydrogens (tertiary/aromatic N) is 2. The topological polar surface area (TPSA) is 55.3 Å². The van der Waals surface area contributed by atoms with Gasteiger partial charge in [0.2, 0.25) is 6.23 Å². The van der Waals surface area contributed by atoms with Crippen LogP contribution in [0.5, 0.6) is 11.5 Å². The van der Waals surface area contributed by atoms with Crippen LogP contribution in [-0.2, 0) is 4.84 Å². The van der Waals surface area contributed by atoms with E-state index in [4.69, 9.17) is 14.3 Å². The van der Waals surface area contributed by atoms with Crippen molar-refractivity contribution in [1.82, 2.24) is 10.2 Å². The van der Waals surface area contributed by atoms with E-state index in [1.54, 1.807) is 14.2 Å². The molecule has 2 aliphatic heterocycles. The second kappa shape index (κ2) is 6.64. The Labute approximate surface area is 147 Å². The smallest absolute Gasteiger partial charge is 0.228 e. The Balaban J connectivity index is 1.64. The summed E-state index contributed by atoms with van der Waals surface area (Å²) >= 11 is 0. The first kappa shape index (κ1) is 15.8. The van der Waals surface area contributed by atoms with Gasteiger partial charge in [0.05, 0.1) is 14.2 Å². The summed E-state index contributed by atoms with van der Waals surface area (Å²) in [5.74, 6) is 2.64. The van der Waals surface area contributed by atoms with Crippen LogP contribution in [0.3, 0.4) is 0 Å². The Morgan fingerprint density at radius 1 is 0.960 bits per heavy atom. The van der Waals surface area contributed by atoms with Crippen LogP contribution in [0.2, 0.25) is 0 Å². The summed E-state index contributed by atoms with van der Waals surface area (Å²) in [7, 11) is 3.34. The zero-order chi connectivity index (χ0) is 17.2. The van der Waals surface area contributed by atoms with Crippen LogP contribution in [0.25, 0.3) is 0 Å². The summed E-state index contributed by atoms with van der Waals surface area (Å²) in [5.41, 5.74) is 2.19. The molecule has 2 atom stereocenters. The molecule has 1 fully saturated rings. The molecule has 0 radical (unpaired) electrons. The minimum Gasteiger partial charge on any atom is -0.497 e. The van der Waals surface area contributed by atoms with E-state index in [2.05, 4.69) is 27.5 Å². The maximum Gasteiger partial charge on any atom is 0.228 e. The molecule has 4 rings (SSSR count). The summed E-state index contributed by atoms with van der Waals surface area (Å²) in [6.45, 7) is 0.866. The highest BCUT2D eigenvalue weighted by Gasteiger charge is 2.39. The molecule has 0 bridgehead atoms. The van der Waals surface area contributed by atoms with Gasteiger partial charge in [-0.25, -0.2) is 0 Å². The van der Waals surface area contributed by atoms with Crippen LogP contribution in [0.1, 0.15) is 29.9 Å². The van der Waals surface area contributed by atoms with Crippen molar-refractivity contribution in [3.63, 3.8) is 0 Å². The summed E-state index contributed by atoms with van der Waals surface area (Å²) < 4.78 is 10.5. The molecule has 0 unspecified atom stereocenters. The van der Waals surface area contributed by atoms with E-state index < -0.39 is 0 Å². The predicted octanol–water partition coefficient (Wildman–Crippen LogP) is 3.04. The van der Waals surface area contributed by atoms with Crippen LogP contribution in [0.4, 0.5) is 0 Å². The summed E-state index contributed by atoms with van der Waals surface area (Å²) in [6, 6.07) is 16.0. The lowest BCUT2D eigenvalue weighted by Gasteiger charge is -2.38. The molecule has 6 heteroatoms. The predicted molar refractivity (Wildman–Crippen MR) is 94.4 cm³/mol. The summed E-state index contributed by atoms with van der Waals surface area (Å²) in [6.07, 6.45) is 0.605. The van der Waals surface area contributed by atoms with Crippen molar-refractivity contribution in [3.05, 3.63) is 59.7 Å². The number of nitrogens with one attached hydrogen (secondary N) is 1. The van der Waals surface area contributed by atoms with Crippen LogP contribution in [-0.4, -0.2) is 31.5 Å². The van der Waals surface area contributed by atoms with Crippen molar-refractivity contribution in [2.45, 2.75) is 18.8 Å². The lowest BCUT2D eigenvalue weighted by Crippen LogP contribution is -2.47. The van der Waals surface area contributed by atoms with Gasteiger partial charge in [0.1, 0.15) is 17.7 Å². The Morgan fingerprint density at radius 3 is 2.16 bits per heavy atom. The first-order valence-corrected chi connectivity index (χ1v) is 8.32. The Hall–Kier alpha value is -2.73. The third-order valence-corrected chi connectivity index (χ3v) is 4.61. The summed E-state index contributed by atoms with van der Waals surface area (Å²) in [5, 5.41) is 7.88. The summed E-state index contributed by atoms with van der Waals surface area (Å²) in [4.78, 5) is 7.97. The van der Waals surface area contributed by atoms with Crippen LogP contribution < -0.4 is 14.8 Å². The first-order chi connectivity index (χ1) is 12.3.